The molecule has 0 aliphatic heterocycles. The summed E-state index contributed by atoms with van der Waals surface area (Å²) in [5, 5.41) is 29.1. The first kappa shape index (κ1) is 13.9. The molecule has 3 rings (SSSR count). The highest BCUT2D eigenvalue weighted by molar-refractivity contribution is 7.14. The Morgan fingerprint density at radius 1 is 1.00 bits per heavy atom. The van der Waals surface area contributed by atoms with Crippen LogP contribution in [0.1, 0.15) is 10.6 Å². The van der Waals surface area contributed by atoms with Gasteiger partial charge in [-0.25, -0.2) is 0 Å². The van der Waals surface area contributed by atoms with Crippen molar-refractivity contribution in [1.82, 2.24) is 10.2 Å². The minimum Gasteiger partial charge on any atom is -0.507 e. The SMILES string of the molecule is Oc1cc(O)c(-c2nnc(Cc3ccccc3)s2)cc1Cl. The van der Waals surface area contributed by atoms with E-state index in [1.807, 2.05) is 30.3 Å². The van der Waals surface area contributed by atoms with E-state index in [0.717, 1.165) is 10.6 Å². The van der Waals surface area contributed by atoms with Crippen LogP contribution in [0.2, 0.25) is 5.02 Å². The predicted molar refractivity (Wildman–Crippen MR) is 82.9 cm³/mol. The standard InChI is InChI=1S/C15H11ClN2O2S/c16-11-7-10(12(19)8-13(11)20)15-18-17-14(21-15)6-9-4-2-1-3-5-9/h1-5,7-8,19-20H,6H2. The molecule has 0 unspecified atom stereocenters. The third kappa shape index (κ3) is 2.99. The number of benzene rings is 2. The van der Waals surface area contributed by atoms with Crippen molar-refractivity contribution in [3.8, 4) is 22.1 Å². The Morgan fingerprint density at radius 3 is 2.52 bits per heavy atom. The lowest BCUT2D eigenvalue weighted by atomic mass is 10.2. The zero-order chi connectivity index (χ0) is 14.8. The van der Waals surface area contributed by atoms with E-state index < -0.39 is 0 Å². The second kappa shape index (κ2) is 5.71. The molecular formula is C15H11ClN2O2S. The fraction of sp³-hybridized carbons (Fsp3) is 0.0667. The molecule has 1 aromatic heterocycles. The monoisotopic (exact) mass is 318 g/mol. The van der Waals surface area contributed by atoms with E-state index in [4.69, 9.17) is 11.6 Å². The van der Waals surface area contributed by atoms with Crippen molar-refractivity contribution < 1.29 is 10.2 Å². The van der Waals surface area contributed by atoms with E-state index in [2.05, 4.69) is 10.2 Å². The van der Waals surface area contributed by atoms with Gasteiger partial charge in [-0.3, -0.25) is 0 Å². The van der Waals surface area contributed by atoms with Crippen LogP contribution in [0.25, 0.3) is 10.6 Å². The van der Waals surface area contributed by atoms with E-state index in [0.29, 0.717) is 17.0 Å². The molecule has 0 radical (unpaired) electrons. The molecule has 106 valence electrons. The van der Waals surface area contributed by atoms with Crippen molar-refractivity contribution in [2.75, 3.05) is 0 Å². The summed E-state index contributed by atoms with van der Waals surface area (Å²) < 4.78 is 0. The molecule has 4 nitrogen and oxygen atoms in total. The molecular weight excluding hydrogens is 308 g/mol. The molecule has 0 bridgehead atoms. The average molecular weight is 319 g/mol. The number of hydrogen-bond donors (Lipinski definition) is 2. The Morgan fingerprint density at radius 2 is 1.76 bits per heavy atom. The maximum absolute atomic E-state index is 9.89. The molecule has 0 saturated heterocycles. The van der Waals surface area contributed by atoms with Crippen molar-refractivity contribution in [1.29, 1.82) is 0 Å². The fourth-order valence-electron chi connectivity index (χ4n) is 1.93. The zero-order valence-corrected chi connectivity index (χ0v) is 12.4. The van der Waals surface area contributed by atoms with Gasteiger partial charge < -0.3 is 10.2 Å². The molecule has 2 N–H and O–H groups in total. The molecule has 0 aliphatic carbocycles. The van der Waals surface area contributed by atoms with Crippen LogP contribution in [0.5, 0.6) is 11.5 Å². The van der Waals surface area contributed by atoms with E-state index >= 15 is 0 Å². The largest absolute Gasteiger partial charge is 0.507 e. The molecule has 21 heavy (non-hydrogen) atoms. The number of aromatic nitrogens is 2. The quantitative estimate of drug-likeness (QED) is 0.769. The topological polar surface area (TPSA) is 66.2 Å². The highest BCUT2D eigenvalue weighted by Gasteiger charge is 2.14. The van der Waals surface area contributed by atoms with E-state index in [1.165, 1.54) is 23.5 Å². The third-order valence-electron chi connectivity index (χ3n) is 2.96. The van der Waals surface area contributed by atoms with Gasteiger partial charge in [0, 0.05) is 12.5 Å². The second-order valence-electron chi connectivity index (χ2n) is 4.48. The van der Waals surface area contributed by atoms with Crippen LogP contribution < -0.4 is 0 Å². The Labute approximate surface area is 130 Å². The smallest absolute Gasteiger partial charge is 0.151 e. The summed E-state index contributed by atoms with van der Waals surface area (Å²) in [6.45, 7) is 0. The minimum absolute atomic E-state index is 0.0701. The molecule has 2 aromatic carbocycles. The molecule has 0 fully saturated rings. The number of nitrogens with zero attached hydrogens (tertiary/aromatic N) is 2. The molecule has 0 saturated carbocycles. The third-order valence-corrected chi connectivity index (χ3v) is 4.22. The van der Waals surface area contributed by atoms with Crippen molar-refractivity contribution in [3.63, 3.8) is 0 Å². The minimum atomic E-state index is -0.160. The Kier molecular flexibility index (Phi) is 3.77. The van der Waals surface area contributed by atoms with Crippen molar-refractivity contribution >= 4 is 22.9 Å². The van der Waals surface area contributed by atoms with Gasteiger partial charge in [-0.15, -0.1) is 10.2 Å². The number of aromatic hydroxyl groups is 2. The maximum Gasteiger partial charge on any atom is 0.151 e. The average Bonchev–Trinajstić information content (AvgIpc) is 2.92. The second-order valence-corrected chi connectivity index (χ2v) is 5.95. The number of hydrogen-bond acceptors (Lipinski definition) is 5. The normalized spacial score (nSPS) is 10.7. The van der Waals surface area contributed by atoms with Crippen LogP contribution in [-0.2, 0) is 6.42 Å². The predicted octanol–water partition coefficient (Wildman–Crippen LogP) is 3.86. The molecule has 1 heterocycles. The van der Waals surface area contributed by atoms with Gasteiger partial charge in [0.15, 0.2) is 5.01 Å². The van der Waals surface area contributed by atoms with E-state index in [-0.39, 0.29) is 16.5 Å². The number of phenolic OH excluding ortho intramolecular Hbond substituents is 2. The molecule has 0 amide bonds. The van der Waals surface area contributed by atoms with Crippen molar-refractivity contribution in [2.24, 2.45) is 0 Å². The maximum atomic E-state index is 9.89. The van der Waals surface area contributed by atoms with Crippen LogP contribution in [0.4, 0.5) is 0 Å². The van der Waals surface area contributed by atoms with Gasteiger partial charge in [0.25, 0.3) is 0 Å². The number of halogens is 1. The number of phenols is 2. The summed E-state index contributed by atoms with van der Waals surface area (Å²) in [5.74, 6) is -0.230. The van der Waals surface area contributed by atoms with Gasteiger partial charge in [0.05, 0.1) is 10.6 Å². The van der Waals surface area contributed by atoms with Gasteiger partial charge in [0.2, 0.25) is 0 Å². The first-order valence-electron chi connectivity index (χ1n) is 6.21. The molecule has 0 atom stereocenters. The van der Waals surface area contributed by atoms with Gasteiger partial charge in [-0.1, -0.05) is 53.3 Å². The van der Waals surface area contributed by atoms with Gasteiger partial charge in [-0.2, -0.15) is 0 Å². The van der Waals surface area contributed by atoms with Crippen LogP contribution >= 0.6 is 22.9 Å². The first-order valence-corrected chi connectivity index (χ1v) is 7.41. The van der Waals surface area contributed by atoms with E-state index in [9.17, 15) is 10.2 Å². The lowest BCUT2D eigenvalue weighted by Crippen LogP contribution is -1.85. The molecule has 6 heteroatoms. The van der Waals surface area contributed by atoms with Crippen LogP contribution in [-0.4, -0.2) is 20.4 Å². The Bertz CT molecular complexity index is 775. The Hall–Kier alpha value is -2.11. The van der Waals surface area contributed by atoms with Gasteiger partial charge in [0.1, 0.15) is 16.5 Å². The summed E-state index contributed by atoms with van der Waals surface area (Å²) in [4.78, 5) is 0. The Balaban J connectivity index is 1.90. The van der Waals surface area contributed by atoms with Crippen LogP contribution in [0.3, 0.4) is 0 Å². The number of rotatable bonds is 3. The molecule has 3 aromatic rings. The summed E-state index contributed by atoms with van der Waals surface area (Å²) in [5.41, 5.74) is 1.61. The van der Waals surface area contributed by atoms with Crippen molar-refractivity contribution in [2.45, 2.75) is 6.42 Å². The highest BCUT2D eigenvalue weighted by atomic mass is 35.5. The summed E-state index contributed by atoms with van der Waals surface area (Å²) in [7, 11) is 0. The molecule has 0 aliphatic rings. The summed E-state index contributed by atoms with van der Waals surface area (Å²) in [6, 6.07) is 12.7. The fourth-order valence-corrected chi connectivity index (χ4v) is 2.99. The van der Waals surface area contributed by atoms with Gasteiger partial charge >= 0.3 is 0 Å². The van der Waals surface area contributed by atoms with Crippen molar-refractivity contribution in [3.05, 3.63) is 58.1 Å². The summed E-state index contributed by atoms with van der Waals surface area (Å²) in [6.07, 6.45) is 0.686. The summed E-state index contributed by atoms with van der Waals surface area (Å²) >= 11 is 7.25. The molecule has 0 spiro atoms. The first-order chi connectivity index (χ1) is 10.1. The van der Waals surface area contributed by atoms with Gasteiger partial charge in [-0.05, 0) is 11.6 Å². The zero-order valence-electron chi connectivity index (χ0n) is 10.8. The van der Waals surface area contributed by atoms with E-state index in [1.54, 1.807) is 0 Å². The highest BCUT2D eigenvalue weighted by Crippen LogP contribution is 2.38. The van der Waals surface area contributed by atoms with Crippen LogP contribution in [0.15, 0.2) is 42.5 Å². The lowest BCUT2D eigenvalue weighted by molar-refractivity contribution is 0.452. The van der Waals surface area contributed by atoms with Crippen LogP contribution in [0, 0.1) is 0 Å². The lowest BCUT2D eigenvalue weighted by Gasteiger charge is -2.02.